The lowest BCUT2D eigenvalue weighted by molar-refractivity contribution is -0.293. The minimum atomic E-state index is -1.75. The molecule has 2 aromatic carbocycles. The molecule has 12 nitrogen and oxygen atoms in total. The van der Waals surface area contributed by atoms with Crippen molar-refractivity contribution in [3.63, 3.8) is 0 Å². The number of phenolic OH excluding ortho intramolecular Hbond substituents is 2. The Bertz CT molecular complexity index is 1250. The van der Waals surface area contributed by atoms with Crippen LogP contribution in [0, 0.1) is 0 Å². The normalized spacial score (nSPS) is 28.9. The zero-order valence-corrected chi connectivity index (χ0v) is 18.4. The molecule has 190 valence electrons. The highest BCUT2D eigenvalue weighted by molar-refractivity contribution is 5.95. The number of aliphatic hydroxyl groups is 4. The fourth-order valence-electron chi connectivity index (χ4n) is 4.27. The number of benzene rings is 2. The first-order chi connectivity index (χ1) is 17.2. The van der Waals surface area contributed by atoms with E-state index in [4.69, 9.17) is 18.9 Å². The first kappa shape index (κ1) is 23.9. The average Bonchev–Trinajstić information content (AvgIpc) is 2.85. The van der Waals surface area contributed by atoms with Crippen LogP contribution in [0.1, 0.15) is 17.2 Å². The van der Waals surface area contributed by atoms with Crippen LogP contribution in [0.25, 0.3) is 5.57 Å². The number of carboxylic acid groups (broad SMARTS) is 1. The summed E-state index contributed by atoms with van der Waals surface area (Å²) in [5, 5.41) is 69.9. The number of aromatic hydroxyl groups is 2. The SMILES string of the molecule is O=C(O)C1=CC2=C(OC3OC(CO)C(O)C(O)C3O)C(c3ccc(O)cc3)Oc3cc(O)cc(c32)O1. The van der Waals surface area contributed by atoms with Gasteiger partial charge in [-0.2, -0.15) is 0 Å². The van der Waals surface area contributed by atoms with Crippen molar-refractivity contribution in [1.82, 2.24) is 0 Å². The minimum Gasteiger partial charge on any atom is -0.508 e. The van der Waals surface area contributed by atoms with Gasteiger partial charge in [0.2, 0.25) is 12.0 Å². The summed E-state index contributed by atoms with van der Waals surface area (Å²) in [5.74, 6) is -2.12. The molecule has 0 amide bonds. The zero-order chi connectivity index (χ0) is 25.7. The van der Waals surface area contributed by atoms with E-state index in [-0.39, 0.29) is 39.9 Å². The quantitative estimate of drug-likeness (QED) is 0.292. The summed E-state index contributed by atoms with van der Waals surface area (Å²) in [6, 6.07) is 8.33. The van der Waals surface area contributed by atoms with Crippen LogP contribution in [0.15, 0.2) is 54.0 Å². The highest BCUT2D eigenvalue weighted by Gasteiger charge is 2.47. The number of carbonyl (C=O) groups is 1. The number of ether oxygens (including phenoxy) is 4. The van der Waals surface area contributed by atoms with Gasteiger partial charge >= 0.3 is 5.97 Å². The molecule has 12 heteroatoms. The number of aliphatic hydroxyl groups excluding tert-OH is 4. The lowest BCUT2D eigenvalue weighted by atomic mass is 9.92. The van der Waals surface area contributed by atoms with Gasteiger partial charge < -0.3 is 54.7 Å². The van der Waals surface area contributed by atoms with Gasteiger partial charge in [-0.05, 0) is 12.1 Å². The van der Waals surface area contributed by atoms with Crippen LogP contribution in [-0.4, -0.2) is 79.0 Å². The van der Waals surface area contributed by atoms with Gasteiger partial charge in [-0.25, -0.2) is 4.79 Å². The summed E-state index contributed by atoms with van der Waals surface area (Å²) in [6.45, 7) is -0.683. The second-order valence-corrected chi connectivity index (χ2v) is 8.42. The largest absolute Gasteiger partial charge is 0.508 e. The topological polar surface area (TPSA) is 196 Å². The number of hydrogen-bond acceptors (Lipinski definition) is 11. The molecule has 3 aliphatic heterocycles. The van der Waals surface area contributed by atoms with Crippen molar-refractivity contribution in [2.45, 2.75) is 36.8 Å². The summed E-state index contributed by atoms with van der Waals surface area (Å²) in [4.78, 5) is 11.8. The molecule has 1 fully saturated rings. The van der Waals surface area contributed by atoms with E-state index in [0.717, 1.165) is 0 Å². The van der Waals surface area contributed by atoms with Gasteiger partial charge in [0.1, 0.15) is 47.4 Å². The number of aliphatic carboxylic acids is 1. The van der Waals surface area contributed by atoms with E-state index in [1.807, 2.05) is 0 Å². The van der Waals surface area contributed by atoms with E-state index in [0.29, 0.717) is 5.56 Å². The molecule has 2 aromatic rings. The Morgan fingerprint density at radius 3 is 2.31 bits per heavy atom. The van der Waals surface area contributed by atoms with Crippen LogP contribution in [0.3, 0.4) is 0 Å². The standard InChI is InChI=1S/C24H22O12/c25-8-16-18(28)19(29)20(30)24(35-16)36-22-12-7-15(23(31)32)33-13-5-11(27)6-14(17(12)13)34-21(22)9-1-3-10(26)4-2-9/h1-7,16,18-21,24-30H,8H2,(H,31,32). The third-order valence-electron chi connectivity index (χ3n) is 6.06. The third-order valence-corrected chi connectivity index (χ3v) is 6.06. The smallest absolute Gasteiger partial charge is 0.371 e. The Labute approximate surface area is 203 Å². The molecule has 6 unspecified atom stereocenters. The molecule has 3 aliphatic rings. The lowest BCUT2D eigenvalue weighted by Crippen LogP contribution is -2.59. The first-order valence-corrected chi connectivity index (χ1v) is 10.8. The van der Waals surface area contributed by atoms with E-state index in [1.54, 1.807) is 0 Å². The molecule has 0 aliphatic carbocycles. The van der Waals surface area contributed by atoms with Crippen molar-refractivity contribution in [2.24, 2.45) is 0 Å². The molecule has 7 N–H and O–H groups in total. The van der Waals surface area contributed by atoms with Crippen LogP contribution in [-0.2, 0) is 14.3 Å². The van der Waals surface area contributed by atoms with E-state index < -0.39 is 55.1 Å². The lowest BCUT2D eigenvalue weighted by Gasteiger charge is -2.41. The van der Waals surface area contributed by atoms with Crippen molar-refractivity contribution in [1.29, 1.82) is 0 Å². The number of rotatable bonds is 5. The monoisotopic (exact) mass is 502 g/mol. The second kappa shape index (κ2) is 9.00. The first-order valence-electron chi connectivity index (χ1n) is 10.8. The van der Waals surface area contributed by atoms with Gasteiger partial charge in [-0.1, -0.05) is 12.1 Å². The zero-order valence-electron chi connectivity index (χ0n) is 18.4. The number of carboxylic acids is 1. The summed E-state index contributed by atoms with van der Waals surface area (Å²) in [6.07, 6.45) is -7.86. The maximum Gasteiger partial charge on any atom is 0.371 e. The van der Waals surface area contributed by atoms with E-state index in [1.165, 1.54) is 42.5 Å². The Morgan fingerprint density at radius 2 is 1.64 bits per heavy atom. The Kier molecular flexibility index (Phi) is 5.98. The number of phenols is 2. The molecule has 1 saturated heterocycles. The molecule has 0 spiro atoms. The maximum atomic E-state index is 11.8. The second-order valence-electron chi connectivity index (χ2n) is 8.42. The summed E-state index contributed by atoms with van der Waals surface area (Å²) in [5.41, 5.74) is 0.865. The van der Waals surface area contributed by atoms with E-state index in [2.05, 4.69) is 0 Å². The molecule has 0 saturated carbocycles. The molecule has 5 rings (SSSR count). The third kappa shape index (κ3) is 4.00. The van der Waals surface area contributed by atoms with Gasteiger partial charge in [-0.15, -0.1) is 0 Å². The molecule has 6 atom stereocenters. The van der Waals surface area contributed by atoms with Crippen molar-refractivity contribution >= 4 is 11.5 Å². The van der Waals surface area contributed by atoms with Gasteiger partial charge in [-0.3, -0.25) is 0 Å². The van der Waals surface area contributed by atoms with Crippen molar-refractivity contribution in [3.8, 4) is 23.0 Å². The minimum absolute atomic E-state index is 0.0287. The molecule has 3 heterocycles. The number of hydrogen-bond donors (Lipinski definition) is 7. The van der Waals surface area contributed by atoms with Crippen LogP contribution in [0.4, 0.5) is 0 Å². The van der Waals surface area contributed by atoms with Gasteiger partial charge in [0.25, 0.3) is 0 Å². The highest BCUT2D eigenvalue weighted by Crippen LogP contribution is 2.51. The van der Waals surface area contributed by atoms with E-state index >= 15 is 0 Å². The van der Waals surface area contributed by atoms with Crippen molar-refractivity contribution in [3.05, 3.63) is 65.1 Å². The van der Waals surface area contributed by atoms with E-state index in [9.17, 15) is 40.5 Å². The predicted molar refractivity (Wildman–Crippen MR) is 118 cm³/mol. The maximum absolute atomic E-state index is 11.8. The fourth-order valence-corrected chi connectivity index (χ4v) is 4.27. The summed E-state index contributed by atoms with van der Waals surface area (Å²) >= 11 is 0. The Balaban J connectivity index is 1.68. The van der Waals surface area contributed by atoms with Crippen molar-refractivity contribution < 1.29 is 59.5 Å². The fraction of sp³-hybridized carbons (Fsp3) is 0.292. The summed E-state index contributed by atoms with van der Waals surface area (Å²) in [7, 11) is 0. The van der Waals surface area contributed by atoms with Crippen LogP contribution < -0.4 is 9.47 Å². The van der Waals surface area contributed by atoms with Gasteiger partial charge in [0.15, 0.2) is 11.9 Å². The van der Waals surface area contributed by atoms with Gasteiger partial charge in [0.05, 0.1) is 12.2 Å². The molecule has 0 bridgehead atoms. The molecule has 36 heavy (non-hydrogen) atoms. The van der Waals surface area contributed by atoms with Crippen LogP contribution >= 0.6 is 0 Å². The summed E-state index contributed by atoms with van der Waals surface area (Å²) < 4.78 is 23.0. The number of allylic oxidation sites excluding steroid dienone is 2. The van der Waals surface area contributed by atoms with Crippen molar-refractivity contribution in [2.75, 3.05) is 6.61 Å². The molecular formula is C24H22O12. The molecule has 0 radical (unpaired) electrons. The Hall–Kier alpha value is -3.81. The molecule has 0 aromatic heterocycles. The van der Waals surface area contributed by atoms with Crippen LogP contribution in [0.5, 0.6) is 23.0 Å². The predicted octanol–water partition coefficient (Wildman–Crippen LogP) is 0.120. The molecular weight excluding hydrogens is 480 g/mol. The van der Waals surface area contributed by atoms with Gasteiger partial charge in [0, 0.05) is 29.3 Å². The highest BCUT2D eigenvalue weighted by atomic mass is 16.7. The Morgan fingerprint density at radius 1 is 0.944 bits per heavy atom. The average molecular weight is 502 g/mol. The van der Waals surface area contributed by atoms with Crippen LogP contribution in [0.2, 0.25) is 0 Å².